The van der Waals surface area contributed by atoms with Crippen LogP contribution in [-0.4, -0.2) is 62.8 Å². The van der Waals surface area contributed by atoms with E-state index in [4.69, 9.17) is 14.2 Å². The zero-order valence-electron chi connectivity index (χ0n) is 32.0. The minimum Gasteiger partial charge on any atom is -0.466 e. The third kappa shape index (κ3) is 36.4. The second kappa shape index (κ2) is 36.6. The number of carbonyl (C=O) groups excluding carboxylic acids is 3. The van der Waals surface area contributed by atoms with Gasteiger partial charge >= 0.3 is 17.9 Å². The fourth-order valence-corrected chi connectivity index (χ4v) is 5.46. The number of rotatable bonds is 34. The standard InChI is InChI=1S/C42H73NO6/c1-5-47-40(44)35-29-25-21-17-13-9-7-11-15-19-23-27-33-39(49-42(46)37-31-32-38-43(3)4)34-28-24-20-16-12-8-10-14-18-22-26-30-36-41(45)48-6-2/h13-14,17-18,25-26,29-30,39H,5-12,15-16,19-24,27-28,31-38H2,1-4H3/b17-13-,18-14-,29-25-,30-26-. The number of hydrogen-bond acceptors (Lipinski definition) is 7. The highest BCUT2D eigenvalue weighted by molar-refractivity contribution is 5.71. The van der Waals surface area contributed by atoms with Crippen LogP contribution in [0.1, 0.15) is 162 Å². The number of nitrogens with zero attached hydrogens (tertiary/aromatic N) is 1. The summed E-state index contributed by atoms with van der Waals surface area (Å²) in [5.74, 6) is -0.353. The summed E-state index contributed by atoms with van der Waals surface area (Å²) in [4.78, 5) is 37.4. The Balaban J connectivity index is 4.12. The van der Waals surface area contributed by atoms with Crippen molar-refractivity contribution in [2.24, 2.45) is 0 Å². The van der Waals surface area contributed by atoms with Crippen molar-refractivity contribution in [2.45, 2.75) is 168 Å². The molecule has 0 atom stereocenters. The lowest BCUT2D eigenvalue weighted by Crippen LogP contribution is -2.19. The monoisotopic (exact) mass is 688 g/mol. The van der Waals surface area contributed by atoms with Crippen LogP contribution in [-0.2, 0) is 28.6 Å². The SMILES string of the molecule is CCOC(=O)C/C=C\C/C=C\CCCCCCCCC(CCCCCCCC/C=C\C/C=C\CC(=O)OCC)OC(=O)CCCCN(C)C. The highest BCUT2D eigenvalue weighted by atomic mass is 16.5. The third-order valence-corrected chi connectivity index (χ3v) is 8.22. The van der Waals surface area contributed by atoms with E-state index in [0.29, 0.717) is 32.5 Å². The molecule has 282 valence electrons. The van der Waals surface area contributed by atoms with Gasteiger partial charge in [0.1, 0.15) is 6.10 Å². The Morgan fingerprint density at radius 1 is 0.510 bits per heavy atom. The Bertz CT molecular complexity index is 849. The summed E-state index contributed by atoms with van der Waals surface area (Å²) in [6.45, 7) is 5.53. The van der Waals surface area contributed by atoms with Crippen LogP contribution < -0.4 is 0 Å². The van der Waals surface area contributed by atoms with Gasteiger partial charge in [0.15, 0.2) is 0 Å². The van der Waals surface area contributed by atoms with Gasteiger partial charge in [-0.05, 0) is 112 Å². The van der Waals surface area contributed by atoms with E-state index in [1.165, 1.54) is 64.2 Å². The smallest absolute Gasteiger partial charge is 0.309 e. The fraction of sp³-hybridized carbons (Fsp3) is 0.738. The molecule has 49 heavy (non-hydrogen) atoms. The molecule has 7 nitrogen and oxygen atoms in total. The first kappa shape index (κ1) is 46.3. The molecule has 0 rings (SSSR count). The number of carbonyl (C=O) groups is 3. The van der Waals surface area contributed by atoms with Gasteiger partial charge in [-0.3, -0.25) is 14.4 Å². The van der Waals surface area contributed by atoms with E-state index in [9.17, 15) is 14.4 Å². The Hall–Kier alpha value is -2.67. The Morgan fingerprint density at radius 3 is 1.39 bits per heavy atom. The van der Waals surface area contributed by atoms with Gasteiger partial charge in [-0.15, -0.1) is 0 Å². The van der Waals surface area contributed by atoms with Crippen molar-refractivity contribution in [3.8, 4) is 0 Å². The second-order valence-electron chi connectivity index (χ2n) is 13.1. The zero-order chi connectivity index (χ0) is 36.0. The van der Waals surface area contributed by atoms with Crippen molar-refractivity contribution < 1.29 is 28.6 Å². The minimum atomic E-state index is -0.167. The van der Waals surface area contributed by atoms with Gasteiger partial charge in [0.2, 0.25) is 0 Å². The van der Waals surface area contributed by atoms with Crippen molar-refractivity contribution >= 4 is 17.9 Å². The maximum Gasteiger partial charge on any atom is 0.309 e. The fourth-order valence-electron chi connectivity index (χ4n) is 5.46. The van der Waals surface area contributed by atoms with Gasteiger partial charge in [-0.25, -0.2) is 0 Å². The molecule has 0 fully saturated rings. The van der Waals surface area contributed by atoms with E-state index < -0.39 is 0 Å². The molecule has 7 heteroatoms. The van der Waals surface area contributed by atoms with Gasteiger partial charge < -0.3 is 19.1 Å². The summed E-state index contributed by atoms with van der Waals surface area (Å²) in [6, 6.07) is 0. The molecule has 0 N–H and O–H groups in total. The Labute approximate surface area is 301 Å². The molecule has 0 radical (unpaired) electrons. The predicted octanol–water partition coefficient (Wildman–Crippen LogP) is 10.8. The van der Waals surface area contributed by atoms with E-state index in [2.05, 4.69) is 43.3 Å². The van der Waals surface area contributed by atoms with E-state index in [-0.39, 0.29) is 24.0 Å². The van der Waals surface area contributed by atoms with Crippen LogP contribution in [0, 0.1) is 0 Å². The number of hydrogen-bond donors (Lipinski definition) is 0. The molecule has 0 aliphatic carbocycles. The number of esters is 3. The van der Waals surface area contributed by atoms with E-state index in [1.807, 2.05) is 38.2 Å². The van der Waals surface area contributed by atoms with Gasteiger partial charge in [0.05, 0.1) is 26.1 Å². The van der Waals surface area contributed by atoms with Crippen molar-refractivity contribution in [3.63, 3.8) is 0 Å². The number of ether oxygens (including phenoxy) is 3. The molecule has 0 bridgehead atoms. The number of unbranched alkanes of at least 4 members (excludes halogenated alkanes) is 13. The molecule has 0 aromatic rings. The molecular formula is C42H73NO6. The Kier molecular flexibility index (Phi) is 34.6. The van der Waals surface area contributed by atoms with Gasteiger partial charge in [-0.2, -0.15) is 0 Å². The molecule has 0 spiro atoms. The molecule has 0 saturated heterocycles. The van der Waals surface area contributed by atoms with Crippen LogP contribution in [0.4, 0.5) is 0 Å². The quantitative estimate of drug-likeness (QED) is 0.0288. The Morgan fingerprint density at radius 2 is 0.939 bits per heavy atom. The molecule has 0 aliphatic heterocycles. The highest BCUT2D eigenvalue weighted by Crippen LogP contribution is 2.18. The van der Waals surface area contributed by atoms with Crippen molar-refractivity contribution in [1.82, 2.24) is 4.90 Å². The molecule has 0 aromatic heterocycles. The van der Waals surface area contributed by atoms with Crippen molar-refractivity contribution in [1.29, 1.82) is 0 Å². The zero-order valence-corrected chi connectivity index (χ0v) is 32.0. The van der Waals surface area contributed by atoms with Gasteiger partial charge in [0, 0.05) is 6.42 Å². The third-order valence-electron chi connectivity index (χ3n) is 8.22. The first-order chi connectivity index (χ1) is 23.9. The maximum atomic E-state index is 12.6. The highest BCUT2D eigenvalue weighted by Gasteiger charge is 2.14. The average Bonchev–Trinajstić information content (AvgIpc) is 3.07. The average molecular weight is 688 g/mol. The minimum absolute atomic E-state index is 0.0196. The van der Waals surface area contributed by atoms with Gasteiger partial charge in [-0.1, -0.05) is 100.0 Å². The largest absolute Gasteiger partial charge is 0.466 e. The lowest BCUT2D eigenvalue weighted by Gasteiger charge is -2.18. The molecule has 0 unspecified atom stereocenters. The summed E-state index contributed by atoms with van der Waals surface area (Å²) < 4.78 is 15.8. The predicted molar refractivity (Wildman–Crippen MR) is 204 cm³/mol. The first-order valence-corrected chi connectivity index (χ1v) is 19.6. The van der Waals surface area contributed by atoms with E-state index >= 15 is 0 Å². The lowest BCUT2D eigenvalue weighted by atomic mass is 10.0. The van der Waals surface area contributed by atoms with Crippen LogP contribution in [0.25, 0.3) is 0 Å². The normalized spacial score (nSPS) is 12.0. The lowest BCUT2D eigenvalue weighted by molar-refractivity contribution is -0.150. The van der Waals surface area contributed by atoms with E-state index in [1.54, 1.807) is 0 Å². The molecular weight excluding hydrogens is 614 g/mol. The number of allylic oxidation sites excluding steroid dienone is 6. The van der Waals surface area contributed by atoms with Crippen molar-refractivity contribution in [3.05, 3.63) is 48.6 Å². The van der Waals surface area contributed by atoms with Crippen LogP contribution in [0.2, 0.25) is 0 Å². The maximum absolute atomic E-state index is 12.6. The summed E-state index contributed by atoms with van der Waals surface area (Å²) in [7, 11) is 4.14. The van der Waals surface area contributed by atoms with Crippen LogP contribution in [0.3, 0.4) is 0 Å². The first-order valence-electron chi connectivity index (χ1n) is 19.6. The van der Waals surface area contributed by atoms with Crippen molar-refractivity contribution in [2.75, 3.05) is 33.9 Å². The summed E-state index contributed by atoms with van der Waals surface area (Å²) in [6.07, 6.45) is 40.3. The molecule has 0 amide bonds. The molecule has 0 aliphatic rings. The van der Waals surface area contributed by atoms with Crippen LogP contribution >= 0.6 is 0 Å². The van der Waals surface area contributed by atoms with Crippen LogP contribution in [0.15, 0.2) is 48.6 Å². The molecule has 0 saturated carbocycles. The summed E-state index contributed by atoms with van der Waals surface area (Å²) in [5.41, 5.74) is 0. The van der Waals surface area contributed by atoms with Crippen LogP contribution in [0.5, 0.6) is 0 Å². The molecule has 0 aromatic carbocycles. The van der Waals surface area contributed by atoms with Gasteiger partial charge in [0.25, 0.3) is 0 Å². The second-order valence-corrected chi connectivity index (χ2v) is 13.1. The summed E-state index contributed by atoms with van der Waals surface area (Å²) >= 11 is 0. The van der Waals surface area contributed by atoms with E-state index in [0.717, 1.165) is 70.8 Å². The molecule has 0 heterocycles. The topological polar surface area (TPSA) is 82.1 Å². The summed E-state index contributed by atoms with van der Waals surface area (Å²) in [5, 5.41) is 0.